The average molecular weight is 315 g/mol. The average Bonchev–Trinajstić information content (AvgIpc) is 2.55. The number of carbonyl (C=O) groups is 1. The van der Waals surface area contributed by atoms with Gasteiger partial charge in [-0.2, -0.15) is 0 Å². The van der Waals surface area contributed by atoms with E-state index in [-0.39, 0.29) is 5.92 Å². The standard InChI is InChI=1S/C20H29NO2/c1-13(2)17-12-9-14-5-3-4-6-18(14)19(17)21-16-10-7-15(8-11-16)20(22)23/h3-6,13,15-17,19,21H,7-12H2,1-2H3,(H,22,23). The predicted octanol–water partition coefficient (Wildman–Crippen LogP) is 4.18. The minimum absolute atomic E-state index is 0.132. The van der Waals surface area contributed by atoms with Crippen LogP contribution in [0.5, 0.6) is 0 Å². The van der Waals surface area contributed by atoms with Crippen molar-refractivity contribution in [2.24, 2.45) is 17.8 Å². The lowest BCUT2D eigenvalue weighted by Crippen LogP contribution is -2.42. The van der Waals surface area contributed by atoms with Crippen LogP contribution in [0, 0.1) is 17.8 Å². The van der Waals surface area contributed by atoms with E-state index in [2.05, 4.69) is 43.4 Å². The molecule has 3 nitrogen and oxygen atoms in total. The van der Waals surface area contributed by atoms with Gasteiger partial charge in [0.15, 0.2) is 0 Å². The van der Waals surface area contributed by atoms with E-state index in [9.17, 15) is 9.90 Å². The molecule has 0 bridgehead atoms. The Bertz CT molecular complexity index is 546. The zero-order chi connectivity index (χ0) is 16.4. The Hall–Kier alpha value is -1.35. The maximum absolute atomic E-state index is 11.1. The Morgan fingerprint density at radius 3 is 2.48 bits per heavy atom. The van der Waals surface area contributed by atoms with Gasteiger partial charge in [-0.3, -0.25) is 4.79 Å². The van der Waals surface area contributed by atoms with Crippen LogP contribution in [0.3, 0.4) is 0 Å². The molecule has 0 aliphatic heterocycles. The molecule has 1 fully saturated rings. The van der Waals surface area contributed by atoms with Gasteiger partial charge in [-0.25, -0.2) is 0 Å². The van der Waals surface area contributed by atoms with Gasteiger partial charge in [-0.1, -0.05) is 38.1 Å². The van der Waals surface area contributed by atoms with Gasteiger partial charge in [-0.15, -0.1) is 0 Å². The Balaban J connectivity index is 1.73. The van der Waals surface area contributed by atoms with Crippen LogP contribution in [0.4, 0.5) is 0 Å². The monoisotopic (exact) mass is 315 g/mol. The second-order valence-corrected chi connectivity index (χ2v) is 7.68. The summed E-state index contributed by atoms with van der Waals surface area (Å²) >= 11 is 0. The maximum atomic E-state index is 11.1. The van der Waals surface area contributed by atoms with E-state index in [1.807, 2.05) is 0 Å². The van der Waals surface area contributed by atoms with Crippen LogP contribution >= 0.6 is 0 Å². The highest BCUT2D eigenvalue weighted by molar-refractivity contribution is 5.70. The smallest absolute Gasteiger partial charge is 0.306 e. The molecule has 126 valence electrons. The molecule has 3 heteroatoms. The van der Waals surface area contributed by atoms with Gasteiger partial charge >= 0.3 is 5.97 Å². The number of carboxylic acid groups (broad SMARTS) is 1. The number of hydrogen-bond donors (Lipinski definition) is 2. The minimum Gasteiger partial charge on any atom is -0.481 e. The summed E-state index contributed by atoms with van der Waals surface area (Å²) in [5.41, 5.74) is 2.96. The second kappa shape index (κ2) is 7.04. The number of fused-ring (bicyclic) bond motifs is 1. The van der Waals surface area contributed by atoms with Crippen LogP contribution in [0.25, 0.3) is 0 Å². The number of hydrogen-bond acceptors (Lipinski definition) is 2. The van der Waals surface area contributed by atoms with Crippen molar-refractivity contribution in [3.63, 3.8) is 0 Å². The van der Waals surface area contributed by atoms with E-state index in [1.54, 1.807) is 0 Å². The number of aliphatic carboxylic acids is 1. The molecule has 1 saturated carbocycles. The first kappa shape index (κ1) is 16.5. The third kappa shape index (κ3) is 3.60. The number of carboxylic acids is 1. The van der Waals surface area contributed by atoms with Crippen molar-refractivity contribution in [2.45, 2.75) is 64.5 Å². The molecule has 0 amide bonds. The molecule has 0 saturated heterocycles. The van der Waals surface area contributed by atoms with E-state index in [0.29, 0.717) is 23.9 Å². The fraction of sp³-hybridized carbons (Fsp3) is 0.650. The third-order valence-electron chi connectivity index (χ3n) is 5.91. The van der Waals surface area contributed by atoms with Gasteiger partial charge in [0.2, 0.25) is 0 Å². The lowest BCUT2D eigenvalue weighted by atomic mass is 9.73. The zero-order valence-corrected chi connectivity index (χ0v) is 14.3. The molecular weight excluding hydrogens is 286 g/mol. The third-order valence-corrected chi connectivity index (χ3v) is 5.91. The van der Waals surface area contributed by atoms with Crippen molar-refractivity contribution in [3.8, 4) is 0 Å². The lowest BCUT2D eigenvalue weighted by molar-refractivity contribution is -0.142. The number of aryl methyl sites for hydroxylation is 1. The van der Waals surface area contributed by atoms with E-state index >= 15 is 0 Å². The molecular formula is C20H29NO2. The van der Waals surface area contributed by atoms with Crippen molar-refractivity contribution in [3.05, 3.63) is 35.4 Å². The highest BCUT2D eigenvalue weighted by Gasteiger charge is 2.34. The zero-order valence-electron chi connectivity index (χ0n) is 14.3. The first-order valence-corrected chi connectivity index (χ1v) is 9.13. The van der Waals surface area contributed by atoms with Gasteiger partial charge < -0.3 is 10.4 Å². The summed E-state index contributed by atoms with van der Waals surface area (Å²) in [4.78, 5) is 11.1. The number of benzene rings is 1. The van der Waals surface area contributed by atoms with Crippen molar-refractivity contribution < 1.29 is 9.90 Å². The molecule has 0 radical (unpaired) electrons. The SMILES string of the molecule is CC(C)C1CCc2ccccc2C1NC1CCC(C(=O)O)CC1. The summed E-state index contributed by atoms with van der Waals surface area (Å²) in [7, 11) is 0. The number of rotatable bonds is 4. The van der Waals surface area contributed by atoms with Crippen molar-refractivity contribution in [1.29, 1.82) is 0 Å². The quantitative estimate of drug-likeness (QED) is 0.876. The Labute approximate surface area is 139 Å². The Kier molecular flexibility index (Phi) is 5.05. The molecule has 2 N–H and O–H groups in total. The molecule has 23 heavy (non-hydrogen) atoms. The fourth-order valence-corrected chi connectivity index (χ4v) is 4.48. The lowest BCUT2D eigenvalue weighted by Gasteiger charge is -2.40. The first-order chi connectivity index (χ1) is 11.1. The van der Waals surface area contributed by atoms with E-state index in [4.69, 9.17) is 0 Å². The fourth-order valence-electron chi connectivity index (χ4n) is 4.48. The molecule has 2 aliphatic rings. The van der Waals surface area contributed by atoms with E-state index in [1.165, 1.54) is 24.0 Å². The molecule has 1 aromatic rings. The van der Waals surface area contributed by atoms with Crippen LogP contribution in [0.1, 0.15) is 63.1 Å². The topological polar surface area (TPSA) is 49.3 Å². The van der Waals surface area contributed by atoms with Crippen LogP contribution in [-0.2, 0) is 11.2 Å². The molecule has 2 unspecified atom stereocenters. The Morgan fingerprint density at radius 1 is 1.13 bits per heavy atom. The maximum Gasteiger partial charge on any atom is 0.306 e. The second-order valence-electron chi connectivity index (χ2n) is 7.68. The van der Waals surface area contributed by atoms with E-state index in [0.717, 1.165) is 25.7 Å². The molecule has 3 rings (SSSR count). The molecule has 2 atom stereocenters. The highest BCUT2D eigenvalue weighted by atomic mass is 16.4. The molecule has 0 spiro atoms. The highest BCUT2D eigenvalue weighted by Crippen LogP contribution is 2.39. The van der Waals surface area contributed by atoms with Crippen LogP contribution in [0.15, 0.2) is 24.3 Å². The van der Waals surface area contributed by atoms with Crippen LogP contribution < -0.4 is 5.32 Å². The predicted molar refractivity (Wildman–Crippen MR) is 92.3 cm³/mol. The van der Waals surface area contributed by atoms with Crippen molar-refractivity contribution in [1.82, 2.24) is 5.32 Å². The number of nitrogens with one attached hydrogen (secondary N) is 1. The van der Waals surface area contributed by atoms with Crippen LogP contribution in [-0.4, -0.2) is 17.1 Å². The van der Waals surface area contributed by atoms with Gasteiger partial charge in [0, 0.05) is 12.1 Å². The summed E-state index contributed by atoms with van der Waals surface area (Å²) < 4.78 is 0. The van der Waals surface area contributed by atoms with Gasteiger partial charge in [0.25, 0.3) is 0 Å². The summed E-state index contributed by atoms with van der Waals surface area (Å²) in [6.07, 6.45) is 6.03. The summed E-state index contributed by atoms with van der Waals surface area (Å²) in [5.74, 6) is 0.581. The summed E-state index contributed by atoms with van der Waals surface area (Å²) in [6.45, 7) is 4.66. The largest absolute Gasteiger partial charge is 0.481 e. The van der Waals surface area contributed by atoms with E-state index < -0.39 is 5.97 Å². The molecule has 1 aromatic carbocycles. The summed E-state index contributed by atoms with van der Waals surface area (Å²) in [6, 6.07) is 9.72. The Morgan fingerprint density at radius 2 is 1.83 bits per heavy atom. The van der Waals surface area contributed by atoms with Gasteiger partial charge in [-0.05, 0) is 61.5 Å². The van der Waals surface area contributed by atoms with Crippen molar-refractivity contribution in [2.75, 3.05) is 0 Å². The van der Waals surface area contributed by atoms with Gasteiger partial charge in [0.05, 0.1) is 5.92 Å². The molecule has 0 aromatic heterocycles. The minimum atomic E-state index is -0.619. The van der Waals surface area contributed by atoms with Crippen molar-refractivity contribution >= 4 is 5.97 Å². The molecule has 0 heterocycles. The van der Waals surface area contributed by atoms with Gasteiger partial charge in [0.1, 0.15) is 0 Å². The normalized spacial score (nSPS) is 30.9. The van der Waals surface area contributed by atoms with Crippen LogP contribution in [0.2, 0.25) is 0 Å². The first-order valence-electron chi connectivity index (χ1n) is 9.13. The molecule has 2 aliphatic carbocycles. The summed E-state index contributed by atoms with van der Waals surface area (Å²) in [5, 5.41) is 13.1.